The summed E-state index contributed by atoms with van der Waals surface area (Å²) in [4.78, 5) is 0. The van der Waals surface area contributed by atoms with E-state index in [-0.39, 0.29) is 0 Å². The number of halogens is 1. The van der Waals surface area contributed by atoms with Crippen molar-refractivity contribution in [1.29, 1.82) is 0 Å². The summed E-state index contributed by atoms with van der Waals surface area (Å²) in [5.74, 6) is 1.22. The maximum Gasteiger partial charge on any atom is 0.110 e. The van der Waals surface area contributed by atoms with Gasteiger partial charge in [-0.05, 0) is 20.3 Å². The van der Waals surface area contributed by atoms with Gasteiger partial charge in [-0.25, -0.2) is 0 Å². The van der Waals surface area contributed by atoms with Gasteiger partial charge in [0, 0.05) is 10.5 Å². The van der Waals surface area contributed by atoms with E-state index in [1.54, 1.807) is 0 Å². The Balaban J connectivity index is 2.51. The summed E-state index contributed by atoms with van der Waals surface area (Å²) in [5.41, 5.74) is 0. The van der Waals surface area contributed by atoms with E-state index in [2.05, 4.69) is 13.8 Å². The van der Waals surface area contributed by atoms with Crippen molar-refractivity contribution in [1.82, 2.24) is 0 Å². The molecule has 1 unspecified atom stereocenters. The smallest absolute Gasteiger partial charge is 0.110 e. The van der Waals surface area contributed by atoms with Crippen LogP contribution in [0.2, 0.25) is 0 Å². The summed E-state index contributed by atoms with van der Waals surface area (Å²) in [5, 5.41) is 0. The van der Waals surface area contributed by atoms with Crippen LogP contribution in [0.15, 0.2) is 0 Å². The van der Waals surface area contributed by atoms with Crippen molar-refractivity contribution in [2.45, 2.75) is 31.1 Å². The molecule has 0 amide bonds. The minimum absolute atomic E-state index is 0.296. The van der Waals surface area contributed by atoms with E-state index in [0.717, 1.165) is 0 Å². The van der Waals surface area contributed by atoms with Crippen LogP contribution in [0, 0.1) is 0 Å². The zero-order valence-electron chi connectivity index (χ0n) is 6.09. The van der Waals surface area contributed by atoms with Crippen molar-refractivity contribution < 1.29 is 3.07 Å². The second-order valence-corrected chi connectivity index (χ2v) is 6.45. The van der Waals surface area contributed by atoms with Crippen LogP contribution in [0.5, 0.6) is 0 Å². The molecule has 0 N–H and O–H groups in total. The third kappa shape index (κ3) is 2.19. The topological polar surface area (TPSA) is 9.23 Å². The number of rotatable bonds is 1. The van der Waals surface area contributed by atoms with Gasteiger partial charge in [0.1, 0.15) is 23.0 Å². The Morgan fingerprint density at radius 2 is 2.30 bits per heavy atom. The lowest BCUT2D eigenvalue weighted by atomic mass is 10.0. The first-order valence-corrected chi connectivity index (χ1v) is 6.45. The molecule has 0 saturated carbocycles. The van der Waals surface area contributed by atoms with Crippen LogP contribution in [0.25, 0.3) is 0 Å². The Morgan fingerprint density at radius 1 is 1.60 bits per heavy atom. The maximum atomic E-state index is 5.34. The summed E-state index contributed by atoms with van der Waals surface area (Å²) in [7, 11) is 3.89. The number of hydrogen-bond donors (Lipinski definition) is 0. The van der Waals surface area contributed by atoms with Gasteiger partial charge in [-0.1, -0.05) is 21.6 Å². The van der Waals surface area contributed by atoms with Gasteiger partial charge in [0.05, 0.1) is 6.10 Å². The van der Waals surface area contributed by atoms with E-state index in [9.17, 15) is 0 Å². The van der Waals surface area contributed by atoms with Crippen LogP contribution >= 0.6 is 44.6 Å². The molecule has 1 atom stereocenters. The van der Waals surface area contributed by atoms with E-state index >= 15 is 0 Å². The average molecular weight is 290 g/mol. The lowest BCUT2D eigenvalue weighted by Gasteiger charge is -2.34. The zero-order chi connectivity index (χ0) is 7.61. The lowest BCUT2D eigenvalue weighted by Crippen LogP contribution is -2.35. The van der Waals surface area contributed by atoms with Gasteiger partial charge in [-0.2, -0.15) is 0 Å². The summed E-state index contributed by atoms with van der Waals surface area (Å²) < 4.78 is 5.64. The highest BCUT2D eigenvalue weighted by atomic mass is 127. The summed E-state index contributed by atoms with van der Waals surface area (Å²) >= 11 is 2.01. The van der Waals surface area contributed by atoms with E-state index in [4.69, 9.17) is 3.07 Å². The van der Waals surface area contributed by atoms with Crippen molar-refractivity contribution in [2.75, 3.05) is 5.75 Å². The van der Waals surface area contributed by atoms with Crippen molar-refractivity contribution in [3.8, 4) is 0 Å². The SMILES string of the molecule is CC1(C)SSCCC1OI. The quantitative estimate of drug-likeness (QED) is 0.542. The molecule has 1 fully saturated rings. The Kier molecular flexibility index (Phi) is 3.67. The highest BCUT2D eigenvalue weighted by Crippen LogP contribution is 2.45. The van der Waals surface area contributed by atoms with Crippen LogP contribution in [0.1, 0.15) is 20.3 Å². The van der Waals surface area contributed by atoms with Gasteiger partial charge < -0.3 is 3.07 Å². The Hall–Kier alpha value is 1.39. The molecule has 1 nitrogen and oxygen atoms in total. The van der Waals surface area contributed by atoms with Crippen molar-refractivity contribution in [3.63, 3.8) is 0 Å². The molecule has 0 radical (unpaired) electrons. The molecule has 1 aliphatic rings. The van der Waals surface area contributed by atoms with Gasteiger partial charge in [0.25, 0.3) is 0 Å². The molecule has 0 aromatic heterocycles. The van der Waals surface area contributed by atoms with Crippen molar-refractivity contribution in [3.05, 3.63) is 0 Å². The molecular formula is C6H11IOS2. The van der Waals surface area contributed by atoms with Gasteiger partial charge in [0.15, 0.2) is 0 Å². The van der Waals surface area contributed by atoms with Crippen LogP contribution < -0.4 is 0 Å². The minimum atomic E-state index is 0.296. The number of hydrogen-bond acceptors (Lipinski definition) is 3. The summed E-state index contributed by atoms with van der Waals surface area (Å²) in [6, 6.07) is 0. The molecule has 0 bridgehead atoms. The second-order valence-electron chi connectivity index (χ2n) is 2.88. The highest BCUT2D eigenvalue weighted by molar-refractivity contribution is 14.1. The first-order chi connectivity index (χ1) is 4.67. The standard InChI is InChI=1S/C6H11IOS2/c1-6(2)5(8-7)3-4-9-10-6/h5H,3-4H2,1-2H3. The van der Waals surface area contributed by atoms with E-state index in [1.807, 2.05) is 44.6 Å². The van der Waals surface area contributed by atoms with E-state index in [0.29, 0.717) is 10.9 Å². The second kappa shape index (κ2) is 3.87. The van der Waals surface area contributed by atoms with Crippen molar-refractivity contribution >= 4 is 44.6 Å². The zero-order valence-corrected chi connectivity index (χ0v) is 9.88. The molecule has 10 heavy (non-hydrogen) atoms. The Bertz CT molecular complexity index is 118. The van der Waals surface area contributed by atoms with Crippen LogP contribution in [0.3, 0.4) is 0 Å². The highest BCUT2D eigenvalue weighted by Gasteiger charge is 2.34. The third-order valence-corrected chi connectivity index (χ3v) is 5.59. The molecule has 0 aromatic carbocycles. The lowest BCUT2D eigenvalue weighted by molar-refractivity contribution is 0.232. The summed E-state index contributed by atoms with van der Waals surface area (Å²) in [6.45, 7) is 4.49. The Labute approximate surface area is 84.1 Å². The molecule has 4 heteroatoms. The van der Waals surface area contributed by atoms with Gasteiger partial charge in [0.2, 0.25) is 0 Å². The van der Waals surface area contributed by atoms with Gasteiger partial charge >= 0.3 is 0 Å². The monoisotopic (exact) mass is 290 g/mol. The first-order valence-electron chi connectivity index (χ1n) is 3.25. The largest absolute Gasteiger partial charge is 0.311 e. The molecule has 1 heterocycles. The maximum absolute atomic E-state index is 5.34. The average Bonchev–Trinajstić information content (AvgIpc) is 1.87. The van der Waals surface area contributed by atoms with Gasteiger partial charge in [-0.15, -0.1) is 0 Å². The molecule has 0 aliphatic carbocycles. The molecule has 1 aliphatic heterocycles. The predicted octanol–water partition coefficient (Wildman–Crippen LogP) is 3.29. The van der Waals surface area contributed by atoms with E-state index < -0.39 is 0 Å². The van der Waals surface area contributed by atoms with Gasteiger partial charge in [-0.3, -0.25) is 0 Å². The van der Waals surface area contributed by atoms with Crippen LogP contribution in [-0.2, 0) is 3.07 Å². The normalized spacial score (nSPS) is 32.1. The molecule has 1 rings (SSSR count). The third-order valence-electron chi connectivity index (χ3n) is 1.62. The minimum Gasteiger partial charge on any atom is -0.311 e. The molecule has 1 saturated heterocycles. The van der Waals surface area contributed by atoms with Crippen LogP contribution in [0.4, 0.5) is 0 Å². The molecule has 0 spiro atoms. The fourth-order valence-electron chi connectivity index (χ4n) is 0.902. The fourth-order valence-corrected chi connectivity index (χ4v) is 4.71. The Morgan fingerprint density at radius 3 is 2.70 bits per heavy atom. The fraction of sp³-hybridized carbons (Fsp3) is 1.00. The predicted molar refractivity (Wildman–Crippen MR) is 57.6 cm³/mol. The van der Waals surface area contributed by atoms with Crippen molar-refractivity contribution in [2.24, 2.45) is 0 Å². The first kappa shape index (κ1) is 9.48. The molecular weight excluding hydrogens is 279 g/mol. The molecule has 0 aromatic rings. The van der Waals surface area contributed by atoms with Crippen LogP contribution in [-0.4, -0.2) is 16.6 Å². The van der Waals surface area contributed by atoms with E-state index in [1.165, 1.54) is 12.2 Å². The molecule has 60 valence electrons. The summed E-state index contributed by atoms with van der Waals surface area (Å²) in [6.07, 6.45) is 1.62.